The summed E-state index contributed by atoms with van der Waals surface area (Å²) in [7, 11) is 0.246. The van der Waals surface area contributed by atoms with Crippen LogP contribution in [0, 0.1) is 0 Å². The second-order valence-corrected chi connectivity index (χ2v) is 6.61. The number of thiocarbonyl (C=S) groups is 1. The molecule has 0 saturated carbocycles. The van der Waals surface area contributed by atoms with Gasteiger partial charge in [-0.1, -0.05) is 12.2 Å². The summed E-state index contributed by atoms with van der Waals surface area (Å²) in [5.41, 5.74) is 6.82. The lowest BCUT2D eigenvalue weighted by Gasteiger charge is -2.15. The molecular formula is C11H17N3O2S2. The highest BCUT2D eigenvalue weighted by atomic mass is 32.2. The van der Waals surface area contributed by atoms with Gasteiger partial charge < -0.3 is 10.6 Å². The standard InChI is InChI=1S/C11H17N3O2S2/c1-8(11(12)17)18(15,16)13-9-4-6-10(7-5-9)14(2)3/h4-8,13H,1-3H3,(H2,12,17). The number of nitrogens with one attached hydrogen (secondary N) is 1. The summed E-state index contributed by atoms with van der Waals surface area (Å²) >= 11 is 4.69. The first-order valence-electron chi connectivity index (χ1n) is 5.32. The number of sulfonamides is 1. The van der Waals surface area contributed by atoms with Crippen molar-refractivity contribution in [1.82, 2.24) is 0 Å². The molecule has 18 heavy (non-hydrogen) atoms. The minimum atomic E-state index is -3.58. The summed E-state index contributed by atoms with van der Waals surface area (Å²) in [6, 6.07) is 7.03. The van der Waals surface area contributed by atoms with E-state index >= 15 is 0 Å². The molecule has 0 aromatic heterocycles. The first-order chi connectivity index (χ1) is 8.24. The van der Waals surface area contributed by atoms with E-state index in [0.717, 1.165) is 5.69 Å². The molecule has 0 fully saturated rings. The molecule has 1 aromatic rings. The first-order valence-corrected chi connectivity index (χ1v) is 7.28. The molecule has 1 aromatic carbocycles. The zero-order chi connectivity index (χ0) is 13.9. The van der Waals surface area contributed by atoms with Crippen LogP contribution in [0.4, 0.5) is 11.4 Å². The van der Waals surface area contributed by atoms with Crippen molar-refractivity contribution in [1.29, 1.82) is 0 Å². The van der Waals surface area contributed by atoms with Gasteiger partial charge in [0, 0.05) is 25.5 Å². The second-order valence-electron chi connectivity index (χ2n) is 4.13. The van der Waals surface area contributed by atoms with Crippen molar-refractivity contribution >= 4 is 38.6 Å². The van der Waals surface area contributed by atoms with Gasteiger partial charge in [0.25, 0.3) is 0 Å². The number of rotatable bonds is 5. The Balaban J connectivity index is 2.88. The lowest BCUT2D eigenvalue weighted by Crippen LogP contribution is -2.35. The maximum absolute atomic E-state index is 11.9. The van der Waals surface area contributed by atoms with Gasteiger partial charge >= 0.3 is 0 Å². The topological polar surface area (TPSA) is 75.4 Å². The monoisotopic (exact) mass is 287 g/mol. The van der Waals surface area contributed by atoms with Gasteiger partial charge in [0.2, 0.25) is 10.0 Å². The fourth-order valence-electron chi connectivity index (χ4n) is 1.23. The van der Waals surface area contributed by atoms with Crippen LogP contribution >= 0.6 is 12.2 Å². The average Bonchev–Trinajstić information content (AvgIpc) is 2.28. The Kier molecular flexibility index (Phi) is 4.53. The molecule has 5 nitrogen and oxygen atoms in total. The summed E-state index contributed by atoms with van der Waals surface area (Å²) in [5, 5.41) is -0.902. The third-order valence-corrected chi connectivity index (χ3v) is 4.72. The highest BCUT2D eigenvalue weighted by Gasteiger charge is 2.23. The Hall–Kier alpha value is -1.34. The molecule has 0 spiro atoms. The summed E-state index contributed by atoms with van der Waals surface area (Å²) in [4.78, 5) is 1.88. The highest BCUT2D eigenvalue weighted by Crippen LogP contribution is 2.17. The molecule has 1 atom stereocenters. The number of nitrogens with zero attached hydrogens (tertiary/aromatic N) is 1. The van der Waals surface area contributed by atoms with Gasteiger partial charge in [-0.2, -0.15) is 0 Å². The van der Waals surface area contributed by atoms with Crippen molar-refractivity contribution in [3.63, 3.8) is 0 Å². The maximum atomic E-state index is 11.9. The molecule has 0 radical (unpaired) electrons. The van der Waals surface area contributed by atoms with Crippen molar-refractivity contribution in [2.75, 3.05) is 23.7 Å². The van der Waals surface area contributed by atoms with Gasteiger partial charge in [0.05, 0.1) is 4.99 Å². The Bertz CT molecular complexity index is 524. The first kappa shape index (κ1) is 14.7. The number of benzene rings is 1. The van der Waals surface area contributed by atoms with Crippen molar-refractivity contribution in [2.45, 2.75) is 12.2 Å². The fraction of sp³-hybridized carbons (Fsp3) is 0.364. The Morgan fingerprint density at radius 2 is 1.83 bits per heavy atom. The fourth-order valence-corrected chi connectivity index (χ4v) is 2.56. The predicted molar refractivity (Wildman–Crippen MR) is 79.6 cm³/mol. The summed E-state index contributed by atoms with van der Waals surface area (Å²) in [6.45, 7) is 1.46. The molecule has 100 valence electrons. The smallest absolute Gasteiger partial charge is 0.241 e. The van der Waals surface area contributed by atoms with Gasteiger partial charge in [0.1, 0.15) is 5.25 Å². The van der Waals surface area contributed by atoms with Gasteiger partial charge in [-0.3, -0.25) is 4.72 Å². The van der Waals surface area contributed by atoms with Crippen LogP contribution in [-0.4, -0.2) is 32.8 Å². The van der Waals surface area contributed by atoms with E-state index in [9.17, 15) is 8.42 Å². The molecule has 0 saturated heterocycles. The van der Waals surface area contributed by atoms with Crippen molar-refractivity contribution in [2.24, 2.45) is 5.73 Å². The molecule has 1 unspecified atom stereocenters. The van der Waals surface area contributed by atoms with Crippen LogP contribution < -0.4 is 15.4 Å². The molecule has 0 aliphatic heterocycles. The summed E-state index contributed by atoms with van der Waals surface area (Å²) in [5.74, 6) is 0. The van der Waals surface area contributed by atoms with Crippen molar-refractivity contribution in [3.05, 3.63) is 24.3 Å². The van der Waals surface area contributed by atoms with E-state index in [1.54, 1.807) is 12.1 Å². The van der Waals surface area contributed by atoms with E-state index in [4.69, 9.17) is 5.73 Å². The van der Waals surface area contributed by atoms with Gasteiger partial charge in [-0.05, 0) is 31.2 Å². The molecule has 0 amide bonds. The van der Waals surface area contributed by atoms with E-state index in [0.29, 0.717) is 5.69 Å². The van der Waals surface area contributed by atoms with Crippen LogP contribution in [0.2, 0.25) is 0 Å². The molecule has 3 N–H and O–H groups in total. The van der Waals surface area contributed by atoms with Crippen LogP contribution in [0.1, 0.15) is 6.92 Å². The van der Waals surface area contributed by atoms with Gasteiger partial charge in [-0.25, -0.2) is 8.42 Å². The zero-order valence-electron chi connectivity index (χ0n) is 10.5. The Morgan fingerprint density at radius 3 is 2.22 bits per heavy atom. The maximum Gasteiger partial charge on any atom is 0.241 e. The molecular weight excluding hydrogens is 270 g/mol. The number of hydrogen-bond acceptors (Lipinski definition) is 4. The summed E-state index contributed by atoms with van der Waals surface area (Å²) in [6.07, 6.45) is 0. The van der Waals surface area contributed by atoms with Crippen molar-refractivity contribution in [3.8, 4) is 0 Å². The molecule has 1 rings (SSSR count). The largest absolute Gasteiger partial charge is 0.392 e. The number of anilines is 2. The minimum absolute atomic E-state index is 0.0487. The van der Waals surface area contributed by atoms with E-state index in [2.05, 4.69) is 16.9 Å². The third-order valence-electron chi connectivity index (χ3n) is 2.51. The average molecular weight is 287 g/mol. The predicted octanol–water partition coefficient (Wildman–Crippen LogP) is 1.17. The lowest BCUT2D eigenvalue weighted by molar-refractivity contribution is 0.598. The number of hydrogen-bond donors (Lipinski definition) is 2. The quantitative estimate of drug-likeness (QED) is 0.795. The van der Waals surface area contributed by atoms with E-state index in [1.165, 1.54) is 6.92 Å². The van der Waals surface area contributed by atoms with Crippen LogP contribution in [0.25, 0.3) is 0 Å². The van der Waals surface area contributed by atoms with E-state index < -0.39 is 15.3 Å². The zero-order valence-corrected chi connectivity index (χ0v) is 12.2. The molecule has 0 heterocycles. The second kappa shape index (κ2) is 5.53. The highest BCUT2D eigenvalue weighted by molar-refractivity contribution is 7.95. The van der Waals surface area contributed by atoms with Crippen LogP contribution in [0.5, 0.6) is 0 Å². The molecule has 7 heteroatoms. The van der Waals surface area contributed by atoms with E-state index in [-0.39, 0.29) is 4.99 Å². The van der Waals surface area contributed by atoms with Crippen LogP contribution in [0.3, 0.4) is 0 Å². The minimum Gasteiger partial charge on any atom is -0.392 e. The molecule has 0 bridgehead atoms. The summed E-state index contributed by atoms with van der Waals surface area (Å²) < 4.78 is 26.2. The normalized spacial score (nSPS) is 12.8. The molecule has 0 aliphatic rings. The van der Waals surface area contributed by atoms with Crippen LogP contribution in [-0.2, 0) is 10.0 Å². The van der Waals surface area contributed by atoms with Gasteiger partial charge in [0.15, 0.2) is 0 Å². The lowest BCUT2D eigenvalue weighted by atomic mass is 10.3. The number of nitrogens with two attached hydrogens (primary N) is 1. The Labute approximate surface area is 113 Å². The van der Waals surface area contributed by atoms with E-state index in [1.807, 2.05) is 31.1 Å². The van der Waals surface area contributed by atoms with Gasteiger partial charge in [-0.15, -0.1) is 0 Å². The Morgan fingerprint density at radius 1 is 1.33 bits per heavy atom. The van der Waals surface area contributed by atoms with Crippen LogP contribution in [0.15, 0.2) is 24.3 Å². The SMILES string of the molecule is CC(C(N)=S)S(=O)(=O)Nc1ccc(N(C)C)cc1. The molecule has 0 aliphatic carbocycles. The third kappa shape index (κ3) is 3.58. The van der Waals surface area contributed by atoms with Crippen molar-refractivity contribution < 1.29 is 8.42 Å².